The number of nitriles is 1. The van der Waals surface area contributed by atoms with Crippen LogP contribution in [0.25, 0.3) is 10.9 Å². The molecule has 0 bridgehead atoms. The van der Waals surface area contributed by atoms with Crippen molar-refractivity contribution in [3.8, 4) is 17.6 Å². The molecule has 8 rings (SSSR count). The second-order valence-corrected chi connectivity index (χ2v) is 19.5. The van der Waals surface area contributed by atoms with Crippen LogP contribution in [-0.2, 0) is 29.3 Å². The molecule has 65 heavy (non-hydrogen) atoms. The van der Waals surface area contributed by atoms with E-state index in [2.05, 4.69) is 41.2 Å². The highest BCUT2D eigenvalue weighted by molar-refractivity contribution is 9.10. The minimum absolute atomic E-state index is 0.00226. The number of rotatable bonds is 12. The Labute approximate surface area is 382 Å². The second-order valence-electron chi connectivity index (χ2n) is 16.9. The highest BCUT2D eigenvalue weighted by atomic mass is 79.9. The van der Waals surface area contributed by atoms with Crippen LogP contribution >= 0.6 is 15.9 Å². The summed E-state index contributed by atoms with van der Waals surface area (Å²) in [4.78, 5) is 59.7. The van der Waals surface area contributed by atoms with Gasteiger partial charge in [0.2, 0.25) is 17.7 Å². The van der Waals surface area contributed by atoms with E-state index in [4.69, 9.17) is 9.47 Å². The zero-order chi connectivity index (χ0) is 46.2. The van der Waals surface area contributed by atoms with Crippen LogP contribution in [0.3, 0.4) is 0 Å². The van der Waals surface area contributed by atoms with Crippen molar-refractivity contribution in [3.63, 3.8) is 0 Å². The zero-order valence-electron chi connectivity index (χ0n) is 35.7. The maximum absolute atomic E-state index is 15.3. The van der Waals surface area contributed by atoms with Gasteiger partial charge in [-0.3, -0.25) is 38.7 Å². The molecule has 4 aliphatic heterocycles. The van der Waals surface area contributed by atoms with Gasteiger partial charge in [-0.1, -0.05) is 13.0 Å². The Hall–Kier alpha value is -5.53. The number of likely N-dealkylation sites (tertiary alicyclic amines) is 2. The molecular formula is C44H48BrF2N9O8S. The van der Waals surface area contributed by atoms with E-state index in [1.54, 1.807) is 19.1 Å². The summed E-state index contributed by atoms with van der Waals surface area (Å²) in [7, 11) is -2.70. The smallest absolute Gasteiger partial charge is 0.301 e. The SMILES string of the molecule is CCN(C)S(=O)(=O)Nc1ccc(F)c(Oc2ccc3ncn([C@H]4COC5(CCN(C(=O)CN6CCC(c7ccc(NC8CCC(=O)NC8=O)cc7F)CC6)CC5)C4)c(=O)c3c2Br)c1C#N. The highest BCUT2D eigenvalue weighted by Gasteiger charge is 2.44. The van der Waals surface area contributed by atoms with Gasteiger partial charge in [-0.15, -0.1) is 0 Å². The van der Waals surface area contributed by atoms with Gasteiger partial charge < -0.3 is 19.7 Å². The van der Waals surface area contributed by atoms with Gasteiger partial charge in [0.1, 0.15) is 29.2 Å². The summed E-state index contributed by atoms with van der Waals surface area (Å²) in [6.45, 7) is 4.53. The molecule has 1 unspecified atom stereocenters. The quantitative estimate of drug-likeness (QED) is 0.158. The molecule has 3 aromatic carbocycles. The molecule has 2 atom stereocenters. The molecule has 0 radical (unpaired) electrons. The van der Waals surface area contributed by atoms with Crippen molar-refractivity contribution in [1.82, 2.24) is 29.0 Å². The number of piperidine rings is 3. The minimum Gasteiger partial charge on any atom is -0.452 e. The Kier molecular flexibility index (Phi) is 13.3. The Bertz CT molecular complexity index is 2750. The van der Waals surface area contributed by atoms with Crippen molar-refractivity contribution in [2.24, 2.45) is 0 Å². The van der Waals surface area contributed by atoms with E-state index in [9.17, 15) is 32.9 Å². The summed E-state index contributed by atoms with van der Waals surface area (Å²) in [5, 5.41) is 15.4. The topological polar surface area (TPSA) is 208 Å². The Balaban J connectivity index is 0.862. The standard InChI is InChI=1S/C44H48BrF2N9O8S/c1-3-53(2)65(61,62)52-33-7-6-31(46)41(30(33)22-48)64-36-10-8-34-39(40(36)45)43(60)56(25-49-34)28-21-44(63-24-28)14-18-55(19-15-44)38(58)23-54-16-12-26(13-17-54)29-5-4-27(20-32(29)47)50-35-9-11-37(57)51-42(35)59/h4-8,10,20,25-26,28,35,50,52H,3,9,11-19,21,23-24H2,1-2H3,(H,51,57,59)/t28-,35?/m1/s1. The van der Waals surface area contributed by atoms with E-state index in [1.165, 1.54) is 36.1 Å². The number of carbonyl (C=O) groups excluding carboxylic acids is 3. The van der Waals surface area contributed by atoms with Crippen LogP contribution in [-0.4, -0.2) is 114 Å². The molecule has 0 aliphatic carbocycles. The summed E-state index contributed by atoms with van der Waals surface area (Å²) >= 11 is 3.45. The molecule has 3 N–H and O–H groups in total. The van der Waals surface area contributed by atoms with Crippen LogP contribution in [0.2, 0.25) is 0 Å². The molecule has 4 fully saturated rings. The van der Waals surface area contributed by atoms with E-state index in [1.807, 2.05) is 11.0 Å². The summed E-state index contributed by atoms with van der Waals surface area (Å²) in [5.41, 5.74) is -0.111. The number of hydrogen-bond acceptors (Lipinski definition) is 12. The fourth-order valence-electron chi connectivity index (χ4n) is 9.04. The number of imide groups is 1. The Morgan fingerprint density at radius 2 is 1.83 bits per heavy atom. The van der Waals surface area contributed by atoms with Crippen molar-refractivity contribution in [3.05, 3.63) is 86.4 Å². The highest BCUT2D eigenvalue weighted by Crippen LogP contribution is 2.42. The molecule has 17 nitrogen and oxygen atoms in total. The molecule has 1 spiro atoms. The maximum Gasteiger partial charge on any atom is 0.301 e. The average molecular weight is 981 g/mol. The van der Waals surface area contributed by atoms with E-state index in [-0.39, 0.29) is 77.0 Å². The number of anilines is 2. The normalized spacial score (nSPS) is 20.5. The molecule has 3 amide bonds. The van der Waals surface area contributed by atoms with Gasteiger partial charge in [-0.25, -0.2) is 13.8 Å². The summed E-state index contributed by atoms with van der Waals surface area (Å²) in [5.74, 6) is -2.55. The first kappa shape index (κ1) is 46.0. The number of amides is 3. The van der Waals surface area contributed by atoms with Crippen LogP contribution in [0.5, 0.6) is 11.5 Å². The lowest BCUT2D eigenvalue weighted by molar-refractivity contribution is -0.137. The minimum atomic E-state index is -4.05. The first-order chi connectivity index (χ1) is 31.1. The number of nitrogens with one attached hydrogen (secondary N) is 3. The third-order valence-corrected chi connectivity index (χ3v) is 15.3. The van der Waals surface area contributed by atoms with E-state index >= 15 is 8.78 Å². The van der Waals surface area contributed by atoms with Gasteiger partial charge in [0.05, 0.1) is 52.2 Å². The maximum atomic E-state index is 15.3. The summed E-state index contributed by atoms with van der Waals surface area (Å²) in [6, 6.07) is 10.9. The average Bonchev–Trinajstić information content (AvgIpc) is 3.69. The summed E-state index contributed by atoms with van der Waals surface area (Å²) < 4.78 is 73.2. The van der Waals surface area contributed by atoms with Crippen molar-refractivity contribution in [2.45, 2.75) is 75.5 Å². The fraction of sp³-hybridized carbons (Fsp3) is 0.455. The molecule has 0 saturated carbocycles. The van der Waals surface area contributed by atoms with Crippen molar-refractivity contribution >= 4 is 66.1 Å². The molecule has 4 aromatic rings. The monoisotopic (exact) mass is 979 g/mol. The van der Waals surface area contributed by atoms with Gasteiger partial charge >= 0.3 is 10.2 Å². The van der Waals surface area contributed by atoms with Crippen LogP contribution < -0.4 is 25.7 Å². The number of carbonyl (C=O) groups is 3. The molecule has 344 valence electrons. The van der Waals surface area contributed by atoms with E-state index in [0.29, 0.717) is 81.5 Å². The number of benzene rings is 3. The Morgan fingerprint density at radius 3 is 2.52 bits per heavy atom. The fourth-order valence-corrected chi connectivity index (χ4v) is 10.6. The van der Waals surface area contributed by atoms with Gasteiger partial charge in [0, 0.05) is 38.8 Å². The largest absolute Gasteiger partial charge is 0.452 e. The van der Waals surface area contributed by atoms with Crippen LogP contribution in [0.1, 0.15) is 75.0 Å². The molecule has 21 heteroatoms. The number of nitrogens with zero attached hydrogens (tertiary/aromatic N) is 6. The molecule has 4 aliphatic rings. The predicted octanol–water partition coefficient (Wildman–Crippen LogP) is 5.13. The molecule has 5 heterocycles. The van der Waals surface area contributed by atoms with E-state index < -0.39 is 50.4 Å². The van der Waals surface area contributed by atoms with Gasteiger partial charge in [0.25, 0.3) is 5.56 Å². The van der Waals surface area contributed by atoms with Crippen LogP contribution in [0, 0.1) is 23.0 Å². The zero-order valence-corrected chi connectivity index (χ0v) is 38.1. The first-order valence-electron chi connectivity index (χ1n) is 21.5. The number of fused-ring (bicyclic) bond motifs is 1. The van der Waals surface area contributed by atoms with Crippen molar-refractivity contribution in [1.29, 1.82) is 5.26 Å². The predicted molar refractivity (Wildman–Crippen MR) is 238 cm³/mol. The number of halogens is 3. The molecular weight excluding hydrogens is 933 g/mol. The van der Waals surface area contributed by atoms with Gasteiger partial charge in [-0.05, 0) is 115 Å². The molecule has 4 saturated heterocycles. The lowest BCUT2D eigenvalue weighted by Crippen LogP contribution is -2.50. The summed E-state index contributed by atoms with van der Waals surface area (Å²) in [6.07, 6.45) is 5.09. The third kappa shape index (κ3) is 9.59. The van der Waals surface area contributed by atoms with Gasteiger partial charge in [0.15, 0.2) is 11.6 Å². The molecule has 1 aromatic heterocycles. The number of ether oxygens (including phenoxy) is 2. The van der Waals surface area contributed by atoms with Crippen molar-refractivity contribution < 1.29 is 41.1 Å². The lowest BCUT2D eigenvalue weighted by atomic mass is 9.87. The number of aromatic nitrogens is 2. The van der Waals surface area contributed by atoms with Gasteiger partial charge in [-0.2, -0.15) is 18.0 Å². The van der Waals surface area contributed by atoms with Crippen LogP contribution in [0.4, 0.5) is 20.2 Å². The van der Waals surface area contributed by atoms with Crippen LogP contribution in [0.15, 0.2) is 58.1 Å². The van der Waals surface area contributed by atoms with Crippen molar-refractivity contribution in [2.75, 3.05) is 63.0 Å². The lowest BCUT2D eigenvalue weighted by Gasteiger charge is -2.40. The van der Waals surface area contributed by atoms with E-state index in [0.717, 1.165) is 16.4 Å². The second kappa shape index (κ2) is 18.8. The first-order valence-corrected chi connectivity index (χ1v) is 23.7. The Morgan fingerprint density at radius 1 is 1.08 bits per heavy atom. The number of hydrogen-bond donors (Lipinski definition) is 3. The third-order valence-electron chi connectivity index (χ3n) is 13.0.